The van der Waals surface area contributed by atoms with Crippen molar-refractivity contribution in [1.82, 2.24) is 15.8 Å². The van der Waals surface area contributed by atoms with Gasteiger partial charge in [0, 0.05) is 27.3 Å². The first-order valence-electron chi connectivity index (χ1n) is 9.79. The molecule has 0 radical (unpaired) electrons. The molecule has 6 heteroatoms. The zero-order valence-corrected chi connectivity index (χ0v) is 17.2. The van der Waals surface area contributed by atoms with Crippen LogP contribution in [0.4, 0.5) is 0 Å². The first kappa shape index (κ1) is 19.0. The number of para-hydroxylation sites is 1. The SMILES string of the molecule is NC(=S)NNC(=O)c1ccccc1-c1c2ccccc2nc2c1ccc1ccccc12. The van der Waals surface area contributed by atoms with Gasteiger partial charge in [0.15, 0.2) is 5.11 Å². The van der Waals surface area contributed by atoms with Crippen LogP contribution in [0.5, 0.6) is 0 Å². The molecule has 150 valence electrons. The molecule has 0 fully saturated rings. The highest BCUT2D eigenvalue weighted by molar-refractivity contribution is 7.80. The number of benzene rings is 4. The number of rotatable bonds is 2. The second-order valence-electron chi connectivity index (χ2n) is 7.18. The zero-order chi connectivity index (χ0) is 21.4. The van der Waals surface area contributed by atoms with E-state index in [-0.39, 0.29) is 11.0 Å². The van der Waals surface area contributed by atoms with Crippen molar-refractivity contribution in [3.05, 3.63) is 90.5 Å². The Balaban J connectivity index is 1.85. The Morgan fingerprint density at radius 3 is 2.32 bits per heavy atom. The number of hydrogen-bond acceptors (Lipinski definition) is 3. The Hall–Kier alpha value is -4.03. The molecule has 0 bridgehead atoms. The molecule has 4 N–H and O–H groups in total. The van der Waals surface area contributed by atoms with Crippen LogP contribution in [0.15, 0.2) is 84.9 Å². The summed E-state index contributed by atoms with van der Waals surface area (Å²) >= 11 is 4.81. The lowest BCUT2D eigenvalue weighted by Crippen LogP contribution is -2.44. The summed E-state index contributed by atoms with van der Waals surface area (Å²) in [5, 5.41) is 4.16. The molecule has 5 rings (SSSR count). The van der Waals surface area contributed by atoms with Gasteiger partial charge in [-0.05, 0) is 35.3 Å². The quantitative estimate of drug-likeness (QED) is 0.167. The van der Waals surface area contributed by atoms with Crippen molar-refractivity contribution in [3.8, 4) is 11.1 Å². The second kappa shape index (κ2) is 7.66. The molecule has 1 amide bonds. The lowest BCUT2D eigenvalue weighted by atomic mass is 9.91. The minimum Gasteiger partial charge on any atom is -0.375 e. The average Bonchev–Trinajstić information content (AvgIpc) is 2.81. The van der Waals surface area contributed by atoms with Crippen LogP contribution in [-0.4, -0.2) is 16.0 Å². The summed E-state index contributed by atoms with van der Waals surface area (Å²) in [6, 6.07) is 27.8. The Labute approximate surface area is 183 Å². The van der Waals surface area contributed by atoms with Crippen molar-refractivity contribution >= 4 is 55.8 Å². The van der Waals surface area contributed by atoms with E-state index >= 15 is 0 Å². The number of nitrogens with one attached hydrogen (secondary N) is 2. The van der Waals surface area contributed by atoms with Crippen molar-refractivity contribution in [2.75, 3.05) is 0 Å². The number of carbonyl (C=O) groups is 1. The van der Waals surface area contributed by atoms with E-state index in [1.165, 1.54) is 0 Å². The summed E-state index contributed by atoms with van der Waals surface area (Å²) < 4.78 is 0. The molecule has 0 atom stereocenters. The molecule has 0 saturated heterocycles. The van der Waals surface area contributed by atoms with E-state index < -0.39 is 0 Å². The molecular weight excluding hydrogens is 404 g/mol. The van der Waals surface area contributed by atoms with E-state index in [1.807, 2.05) is 54.6 Å². The van der Waals surface area contributed by atoms with Crippen LogP contribution in [0, 0.1) is 0 Å². The van der Waals surface area contributed by atoms with E-state index in [9.17, 15) is 4.79 Å². The highest BCUT2D eigenvalue weighted by Crippen LogP contribution is 2.38. The van der Waals surface area contributed by atoms with E-state index in [0.717, 1.165) is 43.7 Å². The number of carbonyl (C=O) groups excluding carboxylic acids is 1. The van der Waals surface area contributed by atoms with Crippen LogP contribution in [-0.2, 0) is 0 Å². The van der Waals surface area contributed by atoms with Gasteiger partial charge in [0.2, 0.25) is 0 Å². The topological polar surface area (TPSA) is 80.0 Å². The number of pyridine rings is 1. The lowest BCUT2D eigenvalue weighted by Gasteiger charge is -2.16. The summed E-state index contributed by atoms with van der Waals surface area (Å²) in [5.74, 6) is -0.321. The summed E-state index contributed by atoms with van der Waals surface area (Å²) in [6.45, 7) is 0. The minimum absolute atomic E-state index is 0.00267. The molecule has 0 spiro atoms. The molecule has 0 aliphatic carbocycles. The maximum Gasteiger partial charge on any atom is 0.270 e. The smallest absolute Gasteiger partial charge is 0.270 e. The number of nitrogens with two attached hydrogens (primary N) is 1. The highest BCUT2D eigenvalue weighted by atomic mass is 32.1. The van der Waals surface area contributed by atoms with Crippen molar-refractivity contribution in [2.24, 2.45) is 5.73 Å². The predicted octanol–water partition coefficient (Wildman–Crippen LogP) is 4.69. The van der Waals surface area contributed by atoms with Crippen molar-refractivity contribution in [3.63, 3.8) is 0 Å². The second-order valence-corrected chi connectivity index (χ2v) is 7.62. The molecule has 0 aliphatic rings. The van der Waals surface area contributed by atoms with Crippen molar-refractivity contribution < 1.29 is 4.79 Å². The van der Waals surface area contributed by atoms with Crippen LogP contribution in [0.1, 0.15) is 10.4 Å². The maximum absolute atomic E-state index is 12.9. The van der Waals surface area contributed by atoms with Crippen LogP contribution in [0.2, 0.25) is 0 Å². The van der Waals surface area contributed by atoms with E-state index in [0.29, 0.717) is 5.56 Å². The fourth-order valence-corrected chi connectivity index (χ4v) is 4.05. The number of thiocarbonyl (C=S) groups is 1. The van der Waals surface area contributed by atoms with Gasteiger partial charge in [-0.25, -0.2) is 4.98 Å². The third-order valence-corrected chi connectivity index (χ3v) is 5.42. The number of hydrogen-bond donors (Lipinski definition) is 3. The standard InChI is InChI=1S/C25H18N4OS/c26-25(31)29-28-24(30)18-10-4-3-9-17(18)22-19-11-5-6-12-21(19)27-23-16-8-2-1-7-15(16)13-14-20(22)23/h1-14H,(H,28,30)(H3,26,29,31). The monoisotopic (exact) mass is 422 g/mol. The third-order valence-electron chi connectivity index (χ3n) is 5.32. The molecule has 5 aromatic rings. The largest absolute Gasteiger partial charge is 0.375 e. The zero-order valence-electron chi connectivity index (χ0n) is 16.4. The normalized spacial score (nSPS) is 11.0. The minimum atomic E-state index is -0.321. The number of nitrogens with zero attached hydrogens (tertiary/aromatic N) is 1. The molecule has 4 aromatic carbocycles. The Bertz CT molecular complexity index is 1500. The van der Waals surface area contributed by atoms with Gasteiger partial charge in [-0.3, -0.25) is 15.6 Å². The van der Waals surface area contributed by atoms with Gasteiger partial charge in [0.05, 0.1) is 11.0 Å². The van der Waals surface area contributed by atoms with Crippen molar-refractivity contribution in [1.29, 1.82) is 0 Å². The molecule has 0 saturated carbocycles. The third kappa shape index (κ3) is 3.33. The fourth-order valence-electron chi connectivity index (χ4n) is 4.00. The molecule has 1 heterocycles. The van der Waals surface area contributed by atoms with Crippen LogP contribution >= 0.6 is 12.2 Å². The van der Waals surface area contributed by atoms with E-state index in [4.69, 9.17) is 22.9 Å². The Kier molecular flexibility index (Phi) is 4.69. The van der Waals surface area contributed by atoms with E-state index in [1.54, 1.807) is 6.07 Å². The molecule has 5 nitrogen and oxygen atoms in total. The number of fused-ring (bicyclic) bond motifs is 4. The lowest BCUT2D eigenvalue weighted by molar-refractivity contribution is 0.0944. The van der Waals surface area contributed by atoms with Crippen LogP contribution in [0.25, 0.3) is 43.7 Å². The molecule has 1 aromatic heterocycles. The van der Waals surface area contributed by atoms with E-state index in [2.05, 4.69) is 35.1 Å². The summed E-state index contributed by atoms with van der Waals surface area (Å²) in [5.41, 5.74) is 14.6. The molecule has 0 aliphatic heterocycles. The number of hydrazine groups is 1. The summed E-state index contributed by atoms with van der Waals surface area (Å²) in [7, 11) is 0. The van der Waals surface area contributed by atoms with Gasteiger partial charge in [0.1, 0.15) is 0 Å². The predicted molar refractivity (Wildman–Crippen MR) is 130 cm³/mol. The van der Waals surface area contributed by atoms with Gasteiger partial charge in [-0.15, -0.1) is 0 Å². The van der Waals surface area contributed by atoms with Gasteiger partial charge in [-0.1, -0.05) is 72.8 Å². The average molecular weight is 423 g/mol. The summed E-state index contributed by atoms with van der Waals surface area (Å²) in [4.78, 5) is 17.9. The van der Waals surface area contributed by atoms with Gasteiger partial charge >= 0.3 is 0 Å². The molecule has 0 unspecified atom stereocenters. The van der Waals surface area contributed by atoms with Gasteiger partial charge in [0.25, 0.3) is 5.91 Å². The molecular formula is C25H18N4OS. The first-order chi connectivity index (χ1) is 15.1. The van der Waals surface area contributed by atoms with Crippen LogP contribution < -0.4 is 16.6 Å². The first-order valence-corrected chi connectivity index (χ1v) is 10.2. The molecule has 31 heavy (non-hydrogen) atoms. The Morgan fingerprint density at radius 2 is 1.48 bits per heavy atom. The fraction of sp³-hybridized carbons (Fsp3) is 0. The number of amides is 1. The Morgan fingerprint density at radius 1 is 0.774 bits per heavy atom. The van der Waals surface area contributed by atoms with Gasteiger partial charge in [-0.2, -0.15) is 0 Å². The van der Waals surface area contributed by atoms with Gasteiger partial charge < -0.3 is 5.73 Å². The number of aromatic nitrogens is 1. The summed E-state index contributed by atoms with van der Waals surface area (Å²) in [6.07, 6.45) is 0. The highest BCUT2D eigenvalue weighted by Gasteiger charge is 2.18. The van der Waals surface area contributed by atoms with Crippen molar-refractivity contribution in [2.45, 2.75) is 0 Å². The van der Waals surface area contributed by atoms with Crippen LogP contribution in [0.3, 0.4) is 0 Å². The maximum atomic E-state index is 12.9.